The normalized spacial score (nSPS) is 44.6. The van der Waals surface area contributed by atoms with E-state index in [2.05, 4.69) is 52.6 Å². The van der Waals surface area contributed by atoms with Crippen molar-refractivity contribution in [2.45, 2.75) is 125 Å². The Balaban J connectivity index is 1.49. The second kappa shape index (κ2) is 10.3. The van der Waals surface area contributed by atoms with Crippen LogP contribution in [-0.2, 0) is 4.79 Å². The molecule has 194 valence electrons. The van der Waals surface area contributed by atoms with Gasteiger partial charge in [-0.15, -0.1) is 6.58 Å². The van der Waals surface area contributed by atoms with E-state index < -0.39 is 0 Å². The van der Waals surface area contributed by atoms with Gasteiger partial charge in [0.25, 0.3) is 0 Å². The maximum Gasteiger partial charge on any atom is 0.217 e. The molecule has 10 atom stereocenters. The first kappa shape index (κ1) is 26.3. The minimum Gasteiger partial charge on any atom is -0.353 e. The minimum atomic E-state index is 0.143. The van der Waals surface area contributed by atoms with Gasteiger partial charge in [-0.25, -0.2) is 0 Å². The average molecular weight is 470 g/mol. The molecule has 4 aliphatic rings. The lowest BCUT2D eigenvalue weighted by molar-refractivity contribution is -0.139. The fraction of sp³-hybridized carbons (Fsp3) is 0.906. The molecule has 0 bridgehead atoms. The Kier molecular flexibility index (Phi) is 7.96. The first-order valence-corrected chi connectivity index (χ1v) is 15.0. The Bertz CT molecular complexity index is 729. The van der Waals surface area contributed by atoms with Crippen molar-refractivity contribution in [1.29, 1.82) is 0 Å². The summed E-state index contributed by atoms with van der Waals surface area (Å²) in [5.74, 6) is 6.93. The topological polar surface area (TPSA) is 29.1 Å². The lowest BCUT2D eigenvalue weighted by Crippen LogP contribution is -2.58. The smallest absolute Gasteiger partial charge is 0.217 e. The molecule has 4 aliphatic carbocycles. The van der Waals surface area contributed by atoms with Gasteiger partial charge in [-0.2, -0.15) is 0 Å². The number of amides is 1. The highest BCUT2D eigenvalue weighted by Gasteiger charge is 2.61. The summed E-state index contributed by atoms with van der Waals surface area (Å²) >= 11 is 0. The number of rotatable bonds is 8. The van der Waals surface area contributed by atoms with Crippen molar-refractivity contribution in [2.75, 3.05) is 0 Å². The standard InChI is InChI=1S/C32H55NO/c1-8-10-25-28-14-13-24-27-16-15-26(22(4)12-9-11-21(2)3)31(27,6)19-17-29(24)32(28,7)20-18-30(25)33-23(5)34/h8,21-22,24-30H,1,9-20H2,2-7H3,(H,33,34)/t22-,24+,25+,26-,27+,28+,29+,30-,31-,32+/m1/s1. The second-order valence-corrected chi connectivity index (χ2v) is 14.1. The monoisotopic (exact) mass is 469 g/mol. The van der Waals surface area contributed by atoms with E-state index in [0.29, 0.717) is 22.8 Å². The van der Waals surface area contributed by atoms with Gasteiger partial charge in [0.1, 0.15) is 0 Å². The lowest BCUT2D eigenvalue weighted by atomic mass is 9.42. The molecule has 1 N–H and O–H groups in total. The summed E-state index contributed by atoms with van der Waals surface area (Å²) in [5, 5.41) is 3.34. The van der Waals surface area contributed by atoms with Gasteiger partial charge in [0.2, 0.25) is 5.91 Å². The van der Waals surface area contributed by atoms with Gasteiger partial charge in [-0.1, -0.05) is 60.0 Å². The summed E-state index contributed by atoms with van der Waals surface area (Å²) in [6.07, 6.45) is 18.6. The molecule has 1 amide bonds. The van der Waals surface area contributed by atoms with Crippen LogP contribution in [-0.4, -0.2) is 11.9 Å². The molecule has 0 saturated heterocycles. The predicted octanol–water partition coefficient (Wildman–Crippen LogP) is 8.41. The largest absolute Gasteiger partial charge is 0.353 e. The molecule has 0 heterocycles. The molecule has 4 saturated carbocycles. The van der Waals surface area contributed by atoms with Crippen molar-refractivity contribution < 1.29 is 4.79 Å². The van der Waals surface area contributed by atoms with Gasteiger partial charge >= 0.3 is 0 Å². The quantitative estimate of drug-likeness (QED) is 0.355. The SMILES string of the molecule is C=CC[C@@H]1[C@H](NC(C)=O)CC[C@@]2(C)[C@H]1CC[C@@H]1[C@@H]2CC[C@]2(C)[C@@H]([C@H](C)CCCC(C)C)CC[C@@H]12. The molecule has 0 aliphatic heterocycles. The number of carbonyl (C=O) groups is 1. The molecule has 4 rings (SSSR count). The first-order chi connectivity index (χ1) is 16.1. The van der Waals surface area contributed by atoms with E-state index in [0.717, 1.165) is 54.3 Å². The Labute approximate surface area is 211 Å². The summed E-state index contributed by atoms with van der Waals surface area (Å²) in [7, 11) is 0. The third-order valence-electron chi connectivity index (χ3n) is 12.0. The van der Waals surface area contributed by atoms with Gasteiger partial charge in [-0.3, -0.25) is 4.79 Å². The fourth-order valence-electron chi connectivity index (χ4n) is 10.5. The van der Waals surface area contributed by atoms with Crippen LogP contribution in [0.1, 0.15) is 119 Å². The van der Waals surface area contributed by atoms with Gasteiger partial charge in [0, 0.05) is 13.0 Å². The highest BCUT2D eigenvalue weighted by Crippen LogP contribution is 2.69. The molecular weight excluding hydrogens is 414 g/mol. The maximum atomic E-state index is 11.9. The van der Waals surface area contributed by atoms with Crippen molar-refractivity contribution >= 4 is 5.91 Å². The number of hydrogen-bond acceptors (Lipinski definition) is 1. The van der Waals surface area contributed by atoms with E-state index in [9.17, 15) is 4.79 Å². The number of allylic oxidation sites excluding steroid dienone is 1. The summed E-state index contributed by atoms with van der Waals surface area (Å²) in [5.41, 5.74) is 1.03. The third-order valence-corrected chi connectivity index (χ3v) is 12.0. The Morgan fingerprint density at radius 3 is 2.29 bits per heavy atom. The van der Waals surface area contributed by atoms with Gasteiger partial charge < -0.3 is 5.32 Å². The van der Waals surface area contributed by atoms with Crippen molar-refractivity contribution in [2.24, 2.45) is 58.2 Å². The number of nitrogens with one attached hydrogen (secondary N) is 1. The molecule has 0 aromatic rings. The Morgan fingerprint density at radius 1 is 0.941 bits per heavy atom. The van der Waals surface area contributed by atoms with E-state index in [1.54, 1.807) is 6.92 Å². The first-order valence-electron chi connectivity index (χ1n) is 15.0. The lowest BCUT2D eigenvalue weighted by Gasteiger charge is -2.63. The molecule has 0 spiro atoms. The van der Waals surface area contributed by atoms with E-state index in [-0.39, 0.29) is 5.91 Å². The molecule has 2 heteroatoms. The summed E-state index contributed by atoms with van der Waals surface area (Å²) in [4.78, 5) is 11.9. The molecule has 0 aromatic heterocycles. The molecular formula is C32H55NO. The molecule has 4 fully saturated rings. The highest BCUT2D eigenvalue weighted by atomic mass is 16.1. The third kappa shape index (κ3) is 4.66. The van der Waals surface area contributed by atoms with Crippen LogP contribution in [0.3, 0.4) is 0 Å². The minimum absolute atomic E-state index is 0.143. The van der Waals surface area contributed by atoms with Crippen LogP contribution in [0.2, 0.25) is 0 Å². The number of hydrogen-bond donors (Lipinski definition) is 1. The van der Waals surface area contributed by atoms with Crippen molar-refractivity contribution in [3.05, 3.63) is 12.7 Å². The predicted molar refractivity (Wildman–Crippen MR) is 144 cm³/mol. The van der Waals surface area contributed by atoms with Gasteiger partial charge in [0.15, 0.2) is 0 Å². The fourth-order valence-corrected chi connectivity index (χ4v) is 10.5. The zero-order valence-electron chi connectivity index (χ0n) is 23.4. The van der Waals surface area contributed by atoms with E-state index in [4.69, 9.17) is 0 Å². The van der Waals surface area contributed by atoms with Crippen LogP contribution in [0.5, 0.6) is 0 Å². The van der Waals surface area contributed by atoms with Crippen LogP contribution >= 0.6 is 0 Å². The number of carbonyl (C=O) groups excluding carboxylic acids is 1. The van der Waals surface area contributed by atoms with Crippen LogP contribution in [0.25, 0.3) is 0 Å². The average Bonchev–Trinajstić information content (AvgIpc) is 3.12. The van der Waals surface area contributed by atoms with E-state index in [1.165, 1.54) is 64.2 Å². The molecule has 0 radical (unpaired) electrons. The maximum absolute atomic E-state index is 11.9. The van der Waals surface area contributed by atoms with Crippen LogP contribution in [0.15, 0.2) is 12.7 Å². The second-order valence-electron chi connectivity index (χ2n) is 14.1. The molecule has 2 nitrogen and oxygen atoms in total. The van der Waals surface area contributed by atoms with Gasteiger partial charge in [-0.05, 0) is 116 Å². The number of fused-ring (bicyclic) bond motifs is 5. The highest BCUT2D eigenvalue weighted by molar-refractivity contribution is 5.73. The molecule has 0 aromatic carbocycles. The van der Waals surface area contributed by atoms with Crippen LogP contribution in [0.4, 0.5) is 0 Å². The van der Waals surface area contributed by atoms with E-state index >= 15 is 0 Å². The summed E-state index contributed by atoms with van der Waals surface area (Å²) in [6.45, 7) is 18.5. The van der Waals surface area contributed by atoms with Crippen molar-refractivity contribution in [1.82, 2.24) is 5.32 Å². The van der Waals surface area contributed by atoms with Crippen LogP contribution in [0, 0.1) is 58.2 Å². The Morgan fingerprint density at radius 2 is 1.62 bits per heavy atom. The zero-order chi connectivity index (χ0) is 24.7. The zero-order valence-corrected chi connectivity index (χ0v) is 23.4. The van der Waals surface area contributed by atoms with Gasteiger partial charge in [0.05, 0.1) is 0 Å². The van der Waals surface area contributed by atoms with E-state index in [1.807, 2.05) is 0 Å². The summed E-state index contributed by atoms with van der Waals surface area (Å²) in [6, 6.07) is 0.349. The van der Waals surface area contributed by atoms with Crippen LogP contribution < -0.4 is 5.32 Å². The molecule has 0 unspecified atom stereocenters. The van der Waals surface area contributed by atoms with Crippen molar-refractivity contribution in [3.8, 4) is 0 Å². The summed E-state index contributed by atoms with van der Waals surface area (Å²) < 4.78 is 0. The molecule has 34 heavy (non-hydrogen) atoms. The Hall–Kier alpha value is -0.790. The van der Waals surface area contributed by atoms with Crippen molar-refractivity contribution in [3.63, 3.8) is 0 Å².